The number of nitrogens with zero attached hydrogens (tertiary/aromatic N) is 2. The molecule has 4 rings (SSSR count). The molecule has 176 valence electrons. The van der Waals surface area contributed by atoms with Crippen molar-refractivity contribution < 1.29 is 23.5 Å². The molecule has 2 aliphatic heterocycles. The van der Waals surface area contributed by atoms with Crippen LogP contribution < -0.4 is 10.1 Å². The van der Waals surface area contributed by atoms with E-state index in [9.17, 15) is 18.8 Å². The Morgan fingerprint density at radius 3 is 2.58 bits per heavy atom. The van der Waals surface area contributed by atoms with Gasteiger partial charge in [-0.1, -0.05) is 12.1 Å². The Hall–Kier alpha value is -2.94. The Kier molecular flexibility index (Phi) is 6.97. The number of amides is 3. The average molecular weight is 474 g/mol. The van der Waals surface area contributed by atoms with Crippen molar-refractivity contribution in [1.29, 1.82) is 0 Å². The third-order valence-corrected chi connectivity index (χ3v) is 7.32. The maximum absolute atomic E-state index is 13.8. The molecule has 1 aromatic carbocycles. The van der Waals surface area contributed by atoms with Crippen molar-refractivity contribution in [3.63, 3.8) is 0 Å². The number of piperazine rings is 1. The zero-order valence-electron chi connectivity index (χ0n) is 18.6. The first-order chi connectivity index (χ1) is 15.9. The van der Waals surface area contributed by atoms with Crippen molar-refractivity contribution in [1.82, 2.24) is 15.1 Å². The Morgan fingerprint density at radius 2 is 1.94 bits per heavy atom. The number of rotatable bonds is 7. The number of hydrogen-bond acceptors (Lipinski definition) is 5. The first-order valence-electron chi connectivity index (χ1n) is 11.1. The molecule has 1 atom stereocenters. The summed E-state index contributed by atoms with van der Waals surface area (Å²) in [5.41, 5.74) is 0.315. The van der Waals surface area contributed by atoms with Crippen LogP contribution >= 0.6 is 11.3 Å². The van der Waals surface area contributed by atoms with Crippen molar-refractivity contribution in [3.8, 4) is 5.75 Å². The van der Waals surface area contributed by atoms with Crippen LogP contribution in [0.2, 0.25) is 0 Å². The number of ether oxygens (including phenoxy) is 1. The fourth-order valence-corrected chi connectivity index (χ4v) is 5.30. The Labute approximate surface area is 196 Å². The minimum Gasteiger partial charge on any atom is -0.494 e. The molecule has 2 saturated heterocycles. The van der Waals surface area contributed by atoms with Gasteiger partial charge < -0.3 is 19.9 Å². The summed E-state index contributed by atoms with van der Waals surface area (Å²) in [6, 6.07) is 8.37. The molecule has 7 nitrogen and oxygen atoms in total. The summed E-state index contributed by atoms with van der Waals surface area (Å²) in [5.74, 6) is -0.261. The van der Waals surface area contributed by atoms with Crippen molar-refractivity contribution >= 4 is 29.1 Å². The van der Waals surface area contributed by atoms with Crippen LogP contribution in [0.25, 0.3) is 0 Å². The fraction of sp³-hybridized carbons (Fsp3) is 0.458. The summed E-state index contributed by atoms with van der Waals surface area (Å²) < 4.78 is 18.9. The molecule has 0 radical (unpaired) electrons. The van der Waals surface area contributed by atoms with E-state index in [4.69, 9.17) is 4.74 Å². The van der Waals surface area contributed by atoms with Gasteiger partial charge in [0, 0.05) is 44.6 Å². The van der Waals surface area contributed by atoms with Crippen LogP contribution in [0.4, 0.5) is 4.39 Å². The molecule has 2 fully saturated rings. The predicted molar refractivity (Wildman–Crippen MR) is 123 cm³/mol. The van der Waals surface area contributed by atoms with Gasteiger partial charge in [0.15, 0.2) is 11.6 Å². The third-order valence-electron chi connectivity index (χ3n) is 6.46. The van der Waals surface area contributed by atoms with E-state index in [-0.39, 0.29) is 23.5 Å². The van der Waals surface area contributed by atoms with Gasteiger partial charge in [0.2, 0.25) is 11.8 Å². The van der Waals surface area contributed by atoms with Crippen LogP contribution in [0.15, 0.2) is 35.7 Å². The highest BCUT2D eigenvalue weighted by molar-refractivity contribution is 7.12. The normalized spacial score (nSPS) is 20.6. The molecule has 1 N–H and O–H groups in total. The van der Waals surface area contributed by atoms with Crippen LogP contribution in [0.1, 0.15) is 40.9 Å². The second-order valence-corrected chi connectivity index (χ2v) is 9.57. The third kappa shape index (κ3) is 5.35. The molecule has 1 unspecified atom stereocenters. The Morgan fingerprint density at radius 1 is 1.18 bits per heavy atom. The van der Waals surface area contributed by atoms with Crippen molar-refractivity contribution in [2.45, 2.75) is 37.6 Å². The van der Waals surface area contributed by atoms with E-state index < -0.39 is 11.4 Å². The maximum Gasteiger partial charge on any atom is 0.264 e. The number of benzene rings is 1. The van der Waals surface area contributed by atoms with Gasteiger partial charge in [-0.2, -0.15) is 0 Å². The Balaban J connectivity index is 1.34. The van der Waals surface area contributed by atoms with E-state index in [1.54, 1.807) is 21.9 Å². The van der Waals surface area contributed by atoms with Crippen molar-refractivity contribution in [3.05, 3.63) is 52.0 Å². The number of methoxy groups -OCH3 is 1. The van der Waals surface area contributed by atoms with Crippen LogP contribution in [-0.2, 0) is 16.0 Å². The highest BCUT2D eigenvalue weighted by atomic mass is 32.1. The molecular weight excluding hydrogens is 445 g/mol. The molecule has 2 aromatic rings. The lowest BCUT2D eigenvalue weighted by Crippen LogP contribution is -2.51. The van der Waals surface area contributed by atoms with E-state index in [2.05, 4.69) is 5.32 Å². The minimum absolute atomic E-state index is 0.0134. The zero-order chi connectivity index (χ0) is 23.4. The highest BCUT2D eigenvalue weighted by Gasteiger charge is 2.38. The van der Waals surface area contributed by atoms with Gasteiger partial charge in [-0.05, 0) is 48.4 Å². The van der Waals surface area contributed by atoms with Gasteiger partial charge in [-0.25, -0.2) is 4.39 Å². The summed E-state index contributed by atoms with van der Waals surface area (Å²) in [7, 11) is 1.42. The number of carbonyl (C=O) groups excluding carboxylic acids is 3. The summed E-state index contributed by atoms with van der Waals surface area (Å²) in [4.78, 5) is 41.8. The first-order valence-corrected chi connectivity index (χ1v) is 12.0. The summed E-state index contributed by atoms with van der Waals surface area (Å²) >= 11 is 1.42. The maximum atomic E-state index is 13.8. The van der Waals surface area contributed by atoms with Gasteiger partial charge in [0.25, 0.3) is 5.91 Å². The highest BCUT2D eigenvalue weighted by Crippen LogP contribution is 2.31. The van der Waals surface area contributed by atoms with Gasteiger partial charge >= 0.3 is 0 Å². The number of nitrogens with one attached hydrogen (secondary N) is 1. The van der Waals surface area contributed by atoms with Crippen LogP contribution in [0.3, 0.4) is 0 Å². The lowest BCUT2D eigenvalue weighted by Gasteiger charge is -2.36. The molecule has 0 aliphatic carbocycles. The van der Waals surface area contributed by atoms with Crippen molar-refractivity contribution in [2.24, 2.45) is 0 Å². The van der Waals surface area contributed by atoms with Gasteiger partial charge in [0.1, 0.15) is 0 Å². The zero-order valence-corrected chi connectivity index (χ0v) is 19.5. The van der Waals surface area contributed by atoms with Crippen LogP contribution in [-0.4, -0.2) is 66.3 Å². The van der Waals surface area contributed by atoms with Gasteiger partial charge in [-0.15, -0.1) is 11.3 Å². The minimum atomic E-state index is -0.535. The first kappa shape index (κ1) is 23.2. The van der Waals surface area contributed by atoms with Gasteiger partial charge in [-0.3, -0.25) is 14.4 Å². The molecule has 9 heteroatoms. The predicted octanol–water partition coefficient (Wildman–Crippen LogP) is 2.85. The average Bonchev–Trinajstić information content (AvgIpc) is 3.49. The molecule has 33 heavy (non-hydrogen) atoms. The summed E-state index contributed by atoms with van der Waals surface area (Å²) in [5, 5.41) is 4.95. The summed E-state index contributed by atoms with van der Waals surface area (Å²) in [6.45, 7) is 2.04. The second kappa shape index (κ2) is 9.91. The molecule has 0 saturated carbocycles. The van der Waals surface area contributed by atoms with E-state index in [0.717, 1.165) is 5.56 Å². The van der Waals surface area contributed by atoms with Gasteiger partial charge in [0.05, 0.1) is 12.0 Å². The molecule has 2 aliphatic rings. The topological polar surface area (TPSA) is 79.0 Å². The number of thiophene rings is 1. The molecule has 1 aromatic heterocycles. The lowest BCUT2D eigenvalue weighted by molar-refractivity contribution is -0.133. The SMILES string of the molecule is COc1cc(CC2(CCC(=O)N3CCN(C(=O)c4cccs4)CC3)CCC(=O)N2)ccc1F. The number of hydrogen-bond donors (Lipinski definition) is 1. The standard InChI is InChI=1S/C24H28FN3O4S/c1-32-19-15-17(4-5-18(19)25)16-24(8-6-21(29)26-24)9-7-22(30)27-10-12-28(13-11-27)23(31)20-3-2-14-33-20/h2-5,14-15H,6-13,16H2,1H3,(H,26,29). The van der Waals surface area contributed by atoms with E-state index in [0.29, 0.717) is 63.2 Å². The second-order valence-electron chi connectivity index (χ2n) is 8.62. The summed E-state index contributed by atoms with van der Waals surface area (Å²) in [6.07, 6.45) is 2.35. The lowest BCUT2D eigenvalue weighted by atomic mass is 9.84. The number of halogens is 1. The van der Waals surface area contributed by atoms with Crippen molar-refractivity contribution in [2.75, 3.05) is 33.3 Å². The van der Waals surface area contributed by atoms with E-state index in [1.807, 2.05) is 17.5 Å². The van der Waals surface area contributed by atoms with E-state index in [1.165, 1.54) is 24.5 Å². The Bertz CT molecular complexity index is 1020. The molecule has 0 spiro atoms. The number of carbonyl (C=O) groups is 3. The van der Waals surface area contributed by atoms with Crippen LogP contribution in [0, 0.1) is 5.82 Å². The molecule has 3 amide bonds. The smallest absolute Gasteiger partial charge is 0.264 e. The van der Waals surface area contributed by atoms with E-state index >= 15 is 0 Å². The monoisotopic (exact) mass is 473 g/mol. The molecular formula is C24H28FN3O4S. The quantitative estimate of drug-likeness (QED) is 0.671. The molecule has 3 heterocycles. The fourth-order valence-electron chi connectivity index (χ4n) is 4.61. The largest absolute Gasteiger partial charge is 0.494 e. The molecule has 0 bridgehead atoms. The van der Waals surface area contributed by atoms with Crippen LogP contribution in [0.5, 0.6) is 5.75 Å².